The molecule has 2 amide bonds. The molecule has 0 aliphatic carbocycles. The number of hydrogen-bond acceptors (Lipinski definition) is 3. The molecule has 0 aliphatic heterocycles. The monoisotopic (exact) mass is 176 g/mol. The van der Waals surface area contributed by atoms with Crippen LogP contribution < -0.4 is 16.4 Å². The third-order valence-electron chi connectivity index (χ3n) is 1.35. The van der Waals surface area contributed by atoms with Crippen LogP contribution in [-0.2, 0) is 0 Å². The molecule has 5 heteroatoms. The van der Waals surface area contributed by atoms with Gasteiger partial charge in [0.15, 0.2) is 6.19 Å². The van der Waals surface area contributed by atoms with E-state index in [9.17, 15) is 4.79 Å². The number of carbonyl (C=O) groups excluding carboxylic acids is 1. The lowest BCUT2D eigenvalue weighted by Gasteiger charge is -2.01. The van der Waals surface area contributed by atoms with Crippen LogP contribution in [0.3, 0.4) is 0 Å². The van der Waals surface area contributed by atoms with Crippen molar-refractivity contribution in [1.29, 1.82) is 5.26 Å². The zero-order valence-corrected chi connectivity index (χ0v) is 6.74. The molecule has 1 rings (SSSR count). The molecule has 0 saturated heterocycles. The number of hydrogen-bond donors (Lipinski definition) is 3. The Morgan fingerprint density at radius 2 is 1.85 bits per heavy atom. The third kappa shape index (κ3) is 2.71. The third-order valence-corrected chi connectivity index (χ3v) is 1.35. The van der Waals surface area contributed by atoms with Gasteiger partial charge in [-0.25, -0.2) is 4.79 Å². The Balaban J connectivity index is 2.70. The minimum Gasteiger partial charge on any atom is -0.351 e. The number of benzene rings is 1. The quantitative estimate of drug-likeness (QED) is 0.465. The molecule has 1 aromatic rings. The van der Waals surface area contributed by atoms with Gasteiger partial charge < -0.3 is 11.1 Å². The van der Waals surface area contributed by atoms with E-state index in [1.165, 1.54) is 0 Å². The molecule has 0 saturated carbocycles. The van der Waals surface area contributed by atoms with Crippen LogP contribution in [0.25, 0.3) is 0 Å². The van der Waals surface area contributed by atoms with Crippen molar-refractivity contribution in [2.24, 2.45) is 5.73 Å². The van der Waals surface area contributed by atoms with Crippen molar-refractivity contribution < 1.29 is 4.79 Å². The van der Waals surface area contributed by atoms with Gasteiger partial charge in [0.2, 0.25) is 0 Å². The van der Waals surface area contributed by atoms with Gasteiger partial charge in [0.25, 0.3) is 0 Å². The second-order valence-electron chi connectivity index (χ2n) is 2.30. The summed E-state index contributed by atoms with van der Waals surface area (Å²) in [6, 6.07) is 6.00. The first-order valence-corrected chi connectivity index (χ1v) is 3.54. The fourth-order valence-electron chi connectivity index (χ4n) is 0.844. The molecule has 0 radical (unpaired) electrons. The molecule has 4 N–H and O–H groups in total. The molecule has 13 heavy (non-hydrogen) atoms. The van der Waals surface area contributed by atoms with Crippen LogP contribution in [0.2, 0.25) is 0 Å². The standard InChI is InChI=1S/C8H8N4O/c9-5-11-6-1-3-7(4-2-6)12-8(10)13/h1-4,11H,(H3,10,12,13). The van der Waals surface area contributed by atoms with Gasteiger partial charge in [-0.05, 0) is 24.3 Å². The molecule has 0 aromatic heterocycles. The van der Waals surface area contributed by atoms with Gasteiger partial charge in [-0.2, -0.15) is 5.26 Å². The van der Waals surface area contributed by atoms with Crippen LogP contribution >= 0.6 is 0 Å². The highest BCUT2D eigenvalue weighted by molar-refractivity contribution is 5.87. The first-order valence-electron chi connectivity index (χ1n) is 3.54. The van der Waals surface area contributed by atoms with Crippen molar-refractivity contribution in [2.45, 2.75) is 0 Å². The predicted octanol–water partition coefficient (Wildman–Crippen LogP) is 1.07. The Bertz CT molecular complexity index is 338. The summed E-state index contributed by atoms with van der Waals surface area (Å²) >= 11 is 0. The predicted molar refractivity (Wildman–Crippen MR) is 48.9 cm³/mol. The molecule has 1 aromatic carbocycles. The van der Waals surface area contributed by atoms with E-state index in [1.54, 1.807) is 30.5 Å². The van der Waals surface area contributed by atoms with Crippen LogP contribution in [0.4, 0.5) is 16.2 Å². The highest BCUT2D eigenvalue weighted by atomic mass is 16.2. The summed E-state index contributed by atoms with van der Waals surface area (Å²) in [4.78, 5) is 10.4. The van der Waals surface area contributed by atoms with Crippen molar-refractivity contribution >= 4 is 17.4 Å². The smallest absolute Gasteiger partial charge is 0.316 e. The van der Waals surface area contributed by atoms with E-state index >= 15 is 0 Å². The maximum atomic E-state index is 10.4. The van der Waals surface area contributed by atoms with Crippen LogP contribution in [0, 0.1) is 11.5 Å². The molecule has 0 atom stereocenters. The summed E-state index contributed by atoms with van der Waals surface area (Å²) in [5.74, 6) is 0. The topological polar surface area (TPSA) is 90.9 Å². The fourth-order valence-corrected chi connectivity index (χ4v) is 0.844. The number of anilines is 2. The normalized spacial score (nSPS) is 8.54. The molecular weight excluding hydrogens is 168 g/mol. The van der Waals surface area contributed by atoms with Crippen LogP contribution in [0.1, 0.15) is 0 Å². The van der Waals surface area contributed by atoms with Gasteiger partial charge in [-0.15, -0.1) is 0 Å². The van der Waals surface area contributed by atoms with Gasteiger partial charge in [0, 0.05) is 11.4 Å². The van der Waals surface area contributed by atoms with Crippen LogP contribution in [0.5, 0.6) is 0 Å². The molecule has 0 heterocycles. The summed E-state index contributed by atoms with van der Waals surface area (Å²) in [6.45, 7) is 0. The fraction of sp³-hybridized carbons (Fsp3) is 0. The number of nitriles is 1. The van der Waals surface area contributed by atoms with Gasteiger partial charge in [0.1, 0.15) is 0 Å². The summed E-state index contributed by atoms with van der Waals surface area (Å²) < 4.78 is 0. The Hall–Kier alpha value is -2.22. The highest BCUT2D eigenvalue weighted by Gasteiger charge is 1.95. The molecule has 0 bridgehead atoms. The Morgan fingerprint density at radius 1 is 1.31 bits per heavy atom. The van der Waals surface area contributed by atoms with Gasteiger partial charge in [-0.1, -0.05) is 0 Å². The average Bonchev–Trinajstić information content (AvgIpc) is 2.08. The maximum absolute atomic E-state index is 10.4. The second kappa shape index (κ2) is 3.97. The number of urea groups is 1. The van der Waals surface area contributed by atoms with E-state index in [0.717, 1.165) is 0 Å². The van der Waals surface area contributed by atoms with E-state index < -0.39 is 6.03 Å². The summed E-state index contributed by atoms with van der Waals surface area (Å²) in [5.41, 5.74) is 6.16. The second-order valence-corrected chi connectivity index (χ2v) is 2.30. The molecule has 0 unspecified atom stereocenters. The van der Waals surface area contributed by atoms with Gasteiger partial charge >= 0.3 is 6.03 Å². The SMILES string of the molecule is N#CNc1ccc(NC(N)=O)cc1. The number of primary amides is 1. The van der Waals surface area contributed by atoms with E-state index in [1.807, 2.05) is 0 Å². The molecule has 5 nitrogen and oxygen atoms in total. The zero-order valence-electron chi connectivity index (χ0n) is 6.74. The lowest BCUT2D eigenvalue weighted by atomic mass is 10.3. The Labute approximate surface area is 75.2 Å². The molecule has 66 valence electrons. The first-order chi connectivity index (χ1) is 6.22. The van der Waals surface area contributed by atoms with Crippen LogP contribution in [0.15, 0.2) is 24.3 Å². The van der Waals surface area contributed by atoms with E-state index in [2.05, 4.69) is 10.6 Å². The molecule has 0 fully saturated rings. The van der Waals surface area contributed by atoms with E-state index in [-0.39, 0.29) is 0 Å². The molecule has 0 spiro atoms. The minimum absolute atomic E-state index is 0.594. The summed E-state index contributed by atoms with van der Waals surface area (Å²) in [7, 11) is 0. The number of rotatable bonds is 2. The number of nitrogens with one attached hydrogen (secondary N) is 2. The first kappa shape index (κ1) is 8.87. The highest BCUT2D eigenvalue weighted by Crippen LogP contribution is 2.12. The number of nitrogens with zero attached hydrogens (tertiary/aromatic N) is 1. The lowest BCUT2D eigenvalue weighted by Crippen LogP contribution is -2.19. The van der Waals surface area contributed by atoms with E-state index in [0.29, 0.717) is 11.4 Å². The minimum atomic E-state index is -0.610. The summed E-state index contributed by atoms with van der Waals surface area (Å²) in [6.07, 6.45) is 1.78. The van der Waals surface area contributed by atoms with Gasteiger partial charge in [0.05, 0.1) is 0 Å². The lowest BCUT2D eigenvalue weighted by molar-refractivity contribution is 0.259. The summed E-state index contributed by atoms with van der Waals surface area (Å²) in [5, 5.41) is 13.1. The molecule has 0 aliphatic rings. The number of carbonyl (C=O) groups is 1. The average molecular weight is 176 g/mol. The van der Waals surface area contributed by atoms with Crippen molar-refractivity contribution in [3.05, 3.63) is 24.3 Å². The van der Waals surface area contributed by atoms with Crippen LogP contribution in [-0.4, -0.2) is 6.03 Å². The zero-order chi connectivity index (χ0) is 9.68. The number of amides is 2. The molecular formula is C8H8N4O. The maximum Gasteiger partial charge on any atom is 0.316 e. The number of nitrogens with two attached hydrogens (primary N) is 1. The van der Waals surface area contributed by atoms with Crippen molar-refractivity contribution in [3.8, 4) is 6.19 Å². The van der Waals surface area contributed by atoms with Crippen molar-refractivity contribution in [2.75, 3.05) is 10.6 Å². The van der Waals surface area contributed by atoms with E-state index in [4.69, 9.17) is 11.0 Å². The van der Waals surface area contributed by atoms with Crippen molar-refractivity contribution in [3.63, 3.8) is 0 Å². The largest absolute Gasteiger partial charge is 0.351 e. The Morgan fingerprint density at radius 3 is 2.31 bits per heavy atom. The van der Waals surface area contributed by atoms with Crippen molar-refractivity contribution in [1.82, 2.24) is 0 Å². The van der Waals surface area contributed by atoms with Gasteiger partial charge in [-0.3, -0.25) is 5.32 Å². The Kier molecular flexibility index (Phi) is 2.71.